The summed E-state index contributed by atoms with van der Waals surface area (Å²) in [5.74, 6) is -0.0619. The molecule has 0 atom stereocenters. The first-order chi connectivity index (χ1) is 14.5. The lowest BCUT2D eigenvalue weighted by molar-refractivity contribution is 0.0706. The molecule has 0 saturated carbocycles. The van der Waals surface area contributed by atoms with Crippen LogP contribution in [0.2, 0.25) is 0 Å². The van der Waals surface area contributed by atoms with E-state index in [1.54, 1.807) is 24.2 Å². The lowest BCUT2D eigenvalue weighted by atomic mass is 10.1. The average molecular weight is 412 g/mol. The monoisotopic (exact) mass is 412 g/mol. The van der Waals surface area contributed by atoms with Gasteiger partial charge in [0.25, 0.3) is 11.5 Å². The third kappa shape index (κ3) is 4.76. The van der Waals surface area contributed by atoms with Gasteiger partial charge in [0.15, 0.2) is 0 Å². The minimum Gasteiger partial charge on any atom is -0.472 e. The van der Waals surface area contributed by atoms with Crippen molar-refractivity contribution in [1.29, 1.82) is 0 Å². The van der Waals surface area contributed by atoms with Crippen molar-refractivity contribution in [3.8, 4) is 5.88 Å². The van der Waals surface area contributed by atoms with Crippen molar-refractivity contribution in [2.24, 2.45) is 7.05 Å². The molecule has 3 aromatic rings. The van der Waals surface area contributed by atoms with Gasteiger partial charge >= 0.3 is 0 Å². The van der Waals surface area contributed by atoms with Gasteiger partial charge in [0.2, 0.25) is 5.88 Å². The van der Waals surface area contributed by atoms with Crippen molar-refractivity contribution in [3.05, 3.63) is 81.7 Å². The molecule has 7 nitrogen and oxygen atoms in total. The number of ether oxygens (including phenoxy) is 1. The molecule has 1 aromatic carbocycles. The summed E-state index contributed by atoms with van der Waals surface area (Å²) in [6.45, 7) is 5.71. The zero-order valence-corrected chi connectivity index (χ0v) is 17.3. The predicted molar refractivity (Wildman–Crippen MR) is 111 cm³/mol. The molecule has 1 amide bonds. The number of hydrogen-bond donors (Lipinski definition) is 0. The fourth-order valence-corrected chi connectivity index (χ4v) is 3.10. The average Bonchev–Trinajstić information content (AvgIpc) is 3.18. The number of benzene rings is 1. The highest BCUT2D eigenvalue weighted by atomic mass is 19.1. The first-order valence-corrected chi connectivity index (χ1v) is 9.89. The van der Waals surface area contributed by atoms with Crippen molar-refractivity contribution < 1.29 is 13.9 Å². The van der Waals surface area contributed by atoms with E-state index >= 15 is 0 Å². The van der Waals surface area contributed by atoms with Gasteiger partial charge in [-0.2, -0.15) is 0 Å². The van der Waals surface area contributed by atoms with Crippen LogP contribution in [0.25, 0.3) is 0 Å². The van der Waals surface area contributed by atoms with Gasteiger partial charge in [-0.3, -0.25) is 14.3 Å². The Kier molecular flexibility index (Phi) is 6.66. The van der Waals surface area contributed by atoms with Crippen LogP contribution < -0.4 is 10.3 Å². The molecule has 8 heteroatoms. The van der Waals surface area contributed by atoms with Crippen LogP contribution in [0.4, 0.5) is 4.39 Å². The second-order valence-corrected chi connectivity index (χ2v) is 6.70. The molecule has 0 saturated heterocycles. The normalized spacial score (nSPS) is 12.6. The first kappa shape index (κ1) is 21.3. The molecule has 0 bridgehead atoms. The number of pyridine rings is 1. The second-order valence-electron chi connectivity index (χ2n) is 6.70. The molecular formula is C22H25FN4O3. The molecule has 0 N–H and O–H groups in total. The van der Waals surface area contributed by atoms with Crippen molar-refractivity contribution in [2.75, 3.05) is 6.54 Å². The van der Waals surface area contributed by atoms with E-state index in [-0.39, 0.29) is 23.9 Å². The van der Waals surface area contributed by atoms with Crippen molar-refractivity contribution >= 4 is 5.91 Å². The number of amides is 1. The largest absolute Gasteiger partial charge is 0.472 e. The maximum Gasteiger partial charge on any atom is 0.254 e. The van der Waals surface area contributed by atoms with Crippen molar-refractivity contribution in [3.63, 3.8) is 0 Å². The molecule has 0 unspecified atom stereocenters. The Hall–Kier alpha value is -3.42. The number of rotatable bonds is 4. The van der Waals surface area contributed by atoms with Gasteiger partial charge in [-0.05, 0) is 35.9 Å². The zero-order chi connectivity index (χ0) is 21.7. The zero-order valence-electron chi connectivity index (χ0n) is 17.3. The quantitative estimate of drug-likeness (QED) is 0.661. The Bertz CT molecular complexity index is 1070. The topological polar surface area (TPSA) is 69.4 Å². The maximum atomic E-state index is 13.1. The Labute approximate surface area is 174 Å². The fourth-order valence-electron chi connectivity index (χ4n) is 3.10. The first-order valence-electron chi connectivity index (χ1n) is 9.89. The van der Waals surface area contributed by atoms with E-state index in [1.807, 2.05) is 24.6 Å². The van der Waals surface area contributed by atoms with Crippen LogP contribution in [0.15, 0.2) is 53.5 Å². The molecule has 30 heavy (non-hydrogen) atoms. The van der Waals surface area contributed by atoms with Gasteiger partial charge in [-0.15, -0.1) is 5.10 Å². The van der Waals surface area contributed by atoms with Crippen molar-refractivity contribution in [1.82, 2.24) is 19.2 Å². The molecule has 0 radical (unpaired) electrons. The van der Waals surface area contributed by atoms with Gasteiger partial charge in [0, 0.05) is 37.5 Å². The number of hydrogen-bond acceptors (Lipinski definition) is 4. The molecule has 1 aliphatic rings. The molecule has 2 aromatic heterocycles. The van der Waals surface area contributed by atoms with E-state index in [9.17, 15) is 14.0 Å². The van der Waals surface area contributed by atoms with Crippen LogP contribution in [-0.2, 0) is 26.7 Å². The van der Waals surface area contributed by atoms with Crippen LogP contribution in [0, 0.1) is 5.82 Å². The Balaban J connectivity index is 0.00000124. The van der Waals surface area contributed by atoms with E-state index < -0.39 is 0 Å². The number of nitrogens with zero attached hydrogens (tertiary/aromatic N) is 4. The smallest absolute Gasteiger partial charge is 0.254 e. The summed E-state index contributed by atoms with van der Waals surface area (Å²) in [7, 11) is 1.69. The SMILES string of the molecule is CC.Cn1ccc(COc2cc3n(n2)CCN(C(=O)c2ccc(F)cc2)C3)cc1=O. The van der Waals surface area contributed by atoms with E-state index in [2.05, 4.69) is 5.10 Å². The summed E-state index contributed by atoms with van der Waals surface area (Å²) in [4.78, 5) is 26.0. The molecule has 3 heterocycles. The third-order valence-corrected chi connectivity index (χ3v) is 4.71. The van der Waals surface area contributed by atoms with Crippen LogP contribution in [0.1, 0.15) is 35.5 Å². The second kappa shape index (κ2) is 9.39. The molecule has 0 aliphatic carbocycles. The fraction of sp³-hybridized carbons (Fsp3) is 0.318. The molecule has 1 aliphatic heterocycles. The Morgan fingerprint density at radius 1 is 1.13 bits per heavy atom. The van der Waals surface area contributed by atoms with E-state index in [0.717, 1.165) is 11.3 Å². The lowest BCUT2D eigenvalue weighted by Crippen LogP contribution is -2.38. The molecule has 0 fully saturated rings. The highest BCUT2D eigenvalue weighted by Crippen LogP contribution is 2.20. The number of aryl methyl sites for hydroxylation is 1. The maximum absolute atomic E-state index is 13.1. The summed E-state index contributed by atoms with van der Waals surface area (Å²) in [5.41, 5.74) is 1.99. The van der Waals surface area contributed by atoms with Crippen LogP contribution in [0.3, 0.4) is 0 Å². The summed E-state index contributed by atoms with van der Waals surface area (Å²) < 4.78 is 22.1. The molecule has 4 rings (SSSR count). The van der Waals surface area contributed by atoms with E-state index in [0.29, 0.717) is 31.1 Å². The Morgan fingerprint density at radius 2 is 1.87 bits per heavy atom. The third-order valence-electron chi connectivity index (χ3n) is 4.71. The van der Waals surface area contributed by atoms with E-state index in [1.165, 1.54) is 34.9 Å². The van der Waals surface area contributed by atoms with Crippen LogP contribution in [-0.4, -0.2) is 31.7 Å². The molecule has 0 spiro atoms. The summed E-state index contributed by atoms with van der Waals surface area (Å²) in [6, 6.07) is 10.7. The highest BCUT2D eigenvalue weighted by molar-refractivity contribution is 5.94. The van der Waals surface area contributed by atoms with Gasteiger partial charge in [0.05, 0.1) is 18.8 Å². The van der Waals surface area contributed by atoms with Crippen LogP contribution in [0.5, 0.6) is 5.88 Å². The number of halogens is 1. The highest BCUT2D eigenvalue weighted by Gasteiger charge is 2.23. The van der Waals surface area contributed by atoms with Gasteiger partial charge < -0.3 is 14.2 Å². The standard InChI is InChI=1S/C20H19FN4O3.C2H6/c1-23-7-6-14(10-19(23)26)13-28-18-11-17-12-24(8-9-25(17)22-18)20(27)15-2-4-16(21)5-3-15;1-2/h2-7,10-11H,8-9,12-13H2,1H3;1-2H3. The number of carbonyl (C=O) groups is 1. The summed E-state index contributed by atoms with van der Waals surface area (Å²) in [6.07, 6.45) is 1.69. The number of carbonyl (C=O) groups excluding carboxylic acids is 1. The van der Waals surface area contributed by atoms with Gasteiger partial charge in [0.1, 0.15) is 12.4 Å². The summed E-state index contributed by atoms with van der Waals surface area (Å²) >= 11 is 0. The summed E-state index contributed by atoms with van der Waals surface area (Å²) in [5, 5.41) is 4.41. The van der Waals surface area contributed by atoms with E-state index in [4.69, 9.17) is 4.74 Å². The molecular weight excluding hydrogens is 387 g/mol. The number of aromatic nitrogens is 3. The predicted octanol–water partition coefficient (Wildman–Crippen LogP) is 2.98. The van der Waals surface area contributed by atoms with Crippen LogP contribution >= 0.6 is 0 Å². The minimum atomic E-state index is -0.369. The lowest BCUT2D eigenvalue weighted by Gasteiger charge is -2.27. The van der Waals surface area contributed by atoms with Gasteiger partial charge in [-0.25, -0.2) is 4.39 Å². The molecule has 158 valence electrons. The number of fused-ring (bicyclic) bond motifs is 1. The van der Waals surface area contributed by atoms with Crippen molar-refractivity contribution in [2.45, 2.75) is 33.5 Å². The Morgan fingerprint density at radius 3 is 2.57 bits per heavy atom. The minimum absolute atomic E-state index is 0.0971. The van der Waals surface area contributed by atoms with Gasteiger partial charge in [-0.1, -0.05) is 13.8 Å².